The molecule has 0 aliphatic rings. The van der Waals surface area contributed by atoms with Crippen molar-refractivity contribution in [2.45, 2.75) is 20.4 Å². The minimum Gasteiger partial charge on any atom is -0.459 e. The van der Waals surface area contributed by atoms with E-state index in [0.29, 0.717) is 17.2 Å². The largest absolute Gasteiger partial charge is 0.459 e. The molecule has 2 heterocycles. The SMILES string of the molecule is Cc1ccc(NC(=O)C(=O)NCc2ccc(/C=N\NC(=O)c3ccco3)o2)cc1C. The van der Waals surface area contributed by atoms with Crippen LogP contribution in [0.3, 0.4) is 0 Å². The molecule has 3 aromatic rings. The Labute approximate surface area is 172 Å². The van der Waals surface area contributed by atoms with Gasteiger partial charge in [-0.05, 0) is 61.4 Å². The molecular weight excluding hydrogens is 388 g/mol. The molecule has 0 unspecified atom stereocenters. The lowest BCUT2D eigenvalue weighted by Gasteiger charge is -2.07. The summed E-state index contributed by atoms with van der Waals surface area (Å²) in [5, 5.41) is 8.80. The third-order valence-electron chi connectivity index (χ3n) is 4.18. The number of carbonyl (C=O) groups excluding carboxylic acids is 3. The first-order valence-electron chi connectivity index (χ1n) is 9.04. The van der Waals surface area contributed by atoms with Gasteiger partial charge in [-0.25, -0.2) is 5.43 Å². The van der Waals surface area contributed by atoms with E-state index in [-0.39, 0.29) is 12.3 Å². The number of hydrogen-bond acceptors (Lipinski definition) is 6. The molecule has 0 saturated carbocycles. The van der Waals surface area contributed by atoms with Crippen LogP contribution in [-0.4, -0.2) is 23.9 Å². The first-order chi connectivity index (χ1) is 14.4. The average molecular weight is 408 g/mol. The number of aryl methyl sites for hydroxylation is 2. The van der Waals surface area contributed by atoms with Crippen molar-refractivity contribution in [1.29, 1.82) is 0 Å². The maximum absolute atomic E-state index is 12.0. The number of hydrazone groups is 1. The van der Waals surface area contributed by atoms with Gasteiger partial charge in [-0.3, -0.25) is 14.4 Å². The summed E-state index contributed by atoms with van der Waals surface area (Å²) in [5.74, 6) is -1.14. The minimum atomic E-state index is -0.787. The smallest absolute Gasteiger partial charge is 0.313 e. The highest BCUT2D eigenvalue weighted by atomic mass is 16.3. The number of nitrogens with zero attached hydrogens (tertiary/aromatic N) is 1. The van der Waals surface area contributed by atoms with Crippen LogP contribution in [0.2, 0.25) is 0 Å². The van der Waals surface area contributed by atoms with E-state index >= 15 is 0 Å². The molecule has 2 aromatic heterocycles. The zero-order chi connectivity index (χ0) is 21.5. The van der Waals surface area contributed by atoms with Crippen LogP contribution in [0, 0.1) is 13.8 Å². The molecule has 154 valence electrons. The fourth-order valence-corrected chi connectivity index (χ4v) is 2.43. The van der Waals surface area contributed by atoms with Crippen molar-refractivity contribution >= 4 is 29.6 Å². The quantitative estimate of drug-likeness (QED) is 0.328. The van der Waals surface area contributed by atoms with E-state index in [0.717, 1.165) is 11.1 Å². The number of benzene rings is 1. The van der Waals surface area contributed by atoms with E-state index in [4.69, 9.17) is 8.83 Å². The predicted molar refractivity (Wildman–Crippen MR) is 109 cm³/mol. The molecule has 0 spiro atoms. The molecule has 3 amide bonds. The Kier molecular flexibility index (Phi) is 6.43. The van der Waals surface area contributed by atoms with E-state index < -0.39 is 17.7 Å². The van der Waals surface area contributed by atoms with Crippen molar-refractivity contribution in [3.63, 3.8) is 0 Å². The van der Waals surface area contributed by atoms with Gasteiger partial charge in [0.25, 0.3) is 0 Å². The highest BCUT2D eigenvalue weighted by Crippen LogP contribution is 2.14. The van der Waals surface area contributed by atoms with Crippen LogP contribution in [0.1, 0.15) is 33.2 Å². The topological polar surface area (TPSA) is 126 Å². The number of rotatable bonds is 6. The van der Waals surface area contributed by atoms with Gasteiger partial charge in [-0.15, -0.1) is 0 Å². The minimum absolute atomic E-state index is 0.0196. The lowest BCUT2D eigenvalue weighted by atomic mass is 10.1. The summed E-state index contributed by atoms with van der Waals surface area (Å²) >= 11 is 0. The Morgan fingerprint density at radius 1 is 1.03 bits per heavy atom. The molecule has 3 N–H and O–H groups in total. The van der Waals surface area contributed by atoms with Crippen LogP contribution in [0.15, 0.2) is 62.7 Å². The highest BCUT2D eigenvalue weighted by molar-refractivity contribution is 6.39. The maximum atomic E-state index is 12.0. The van der Waals surface area contributed by atoms with E-state index in [1.54, 1.807) is 30.3 Å². The van der Waals surface area contributed by atoms with Crippen molar-refractivity contribution in [3.8, 4) is 0 Å². The first-order valence-corrected chi connectivity index (χ1v) is 9.04. The van der Waals surface area contributed by atoms with Crippen LogP contribution >= 0.6 is 0 Å². The van der Waals surface area contributed by atoms with Gasteiger partial charge in [0.15, 0.2) is 5.76 Å². The molecule has 9 nitrogen and oxygen atoms in total. The Morgan fingerprint density at radius 2 is 1.87 bits per heavy atom. The fraction of sp³-hybridized carbons (Fsp3) is 0.143. The second-order valence-corrected chi connectivity index (χ2v) is 6.42. The Hall–Kier alpha value is -4.14. The predicted octanol–water partition coefficient (Wildman–Crippen LogP) is 2.51. The molecule has 3 rings (SSSR count). The molecule has 0 bridgehead atoms. The third kappa shape index (κ3) is 5.44. The van der Waals surface area contributed by atoms with Gasteiger partial charge in [0.1, 0.15) is 11.5 Å². The lowest BCUT2D eigenvalue weighted by Crippen LogP contribution is -2.34. The number of hydrogen-bond donors (Lipinski definition) is 3. The number of carbonyl (C=O) groups is 3. The van der Waals surface area contributed by atoms with E-state index in [2.05, 4.69) is 21.2 Å². The van der Waals surface area contributed by atoms with Crippen LogP contribution in [0.5, 0.6) is 0 Å². The molecule has 9 heteroatoms. The van der Waals surface area contributed by atoms with Crippen molar-refractivity contribution in [2.75, 3.05) is 5.32 Å². The molecule has 0 aliphatic carbocycles. The molecule has 0 fully saturated rings. The monoisotopic (exact) mass is 408 g/mol. The number of anilines is 1. The number of nitrogens with one attached hydrogen (secondary N) is 3. The summed E-state index contributed by atoms with van der Waals surface area (Å²) in [7, 11) is 0. The van der Waals surface area contributed by atoms with Crippen molar-refractivity contribution in [3.05, 3.63) is 77.1 Å². The zero-order valence-electron chi connectivity index (χ0n) is 16.4. The summed E-state index contributed by atoms with van der Waals surface area (Å²) in [6.45, 7) is 3.90. The molecule has 30 heavy (non-hydrogen) atoms. The van der Waals surface area contributed by atoms with Crippen molar-refractivity contribution in [1.82, 2.24) is 10.7 Å². The zero-order valence-corrected chi connectivity index (χ0v) is 16.4. The first kappa shape index (κ1) is 20.6. The Morgan fingerprint density at radius 3 is 2.60 bits per heavy atom. The lowest BCUT2D eigenvalue weighted by molar-refractivity contribution is -0.136. The number of amides is 3. The van der Waals surface area contributed by atoms with E-state index in [9.17, 15) is 14.4 Å². The summed E-state index contributed by atoms with van der Waals surface area (Å²) in [6.07, 6.45) is 2.69. The van der Waals surface area contributed by atoms with Crippen LogP contribution in [0.4, 0.5) is 5.69 Å². The maximum Gasteiger partial charge on any atom is 0.313 e. The van der Waals surface area contributed by atoms with Crippen molar-refractivity contribution in [2.24, 2.45) is 5.10 Å². The molecule has 1 aromatic carbocycles. The Bertz CT molecular complexity index is 1080. The summed E-state index contributed by atoms with van der Waals surface area (Å²) in [5.41, 5.74) is 4.95. The van der Waals surface area contributed by atoms with E-state index in [1.807, 2.05) is 19.9 Å². The molecule has 0 radical (unpaired) electrons. The third-order valence-corrected chi connectivity index (χ3v) is 4.18. The van der Waals surface area contributed by atoms with Gasteiger partial charge < -0.3 is 19.5 Å². The summed E-state index contributed by atoms with van der Waals surface area (Å²) in [6, 6.07) is 11.7. The molecule has 0 aliphatic heterocycles. The van der Waals surface area contributed by atoms with Crippen LogP contribution < -0.4 is 16.1 Å². The van der Waals surface area contributed by atoms with Gasteiger partial charge in [-0.2, -0.15) is 5.10 Å². The second-order valence-electron chi connectivity index (χ2n) is 6.42. The molecular formula is C21H20N4O5. The van der Waals surface area contributed by atoms with Gasteiger partial charge in [0.2, 0.25) is 0 Å². The summed E-state index contributed by atoms with van der Waals surface area (Å²) in [4.78, 5) is 35.7. The van der Waals surface area contributed by atoms with Gasteiger partial charge in [0, 0.05) is 5.69 Å². The number of furan rings is 2. The average Bonchev–Trinajstić information content (AvgIpc) is 3.41. The van der Waals surface area contributed by atoms with E-state index in [1.165, 1.54) is 18.5 Å². The van der Waals surface area contributed by atoms with Crippen LogP contribution in [0.25, 0.3) is 0 Å². The molecule has 0 atom stereocenters. The van der Waals surface area contributed by atoms with Gasteiger partial charge in [-0.1, -0.05) is 6.07 Å². The normalized spacial score (nSPS) is 10.7. The molecule has 0 saturated heterocycles. The van der Waals surface area contributed by atoms with Crippen molar-refractivity contribution < 1.29 is 23.2 Å². The standard InChI is InChI=1S/C21H20N4O5/c1-13-5-6-15(10-14(13)2)24-21(28)20(27)22-11-16-7-8-17(30-16)12-23-25-19(26)18-4-3-9-29-18/h3-10,12H,11H2,1-2H3,(H,22,27)(H,24,28)(H,25,26)/b23-12-. The van der Waals surface area contributed by atoms with Gasteiger partial charge in [0.05, 0.1) is 19.0 Å². The summed E-state index contributed by atoms with van der Waals surface area (Å²) < 4.78 is 10.4. The second kappa shape index (κ2) is 9.37. The fourth-order valence-electron chi connectivity index (χ4n) is 2.43. The Balaban J connectivity index is 1.46. The highest BCUT2D eigenvalue weighted by Gasteiger charge is 2.14. The van der Waals surface area contributed by atoms with Gasteiger partial charge >= 0.3 is 17.7 Å². The van der Waals surface area contributed by atoms with Crippen LogP contribution in [-0.2, 0) is 16.1 Å².